The van der Waals surface area contributed by atoms with Crippen molar-refractivity contribution < 1.29 is 9.47 Å². The molecule has 0 unspecified atom stereocenters. The Morgan fingerprint density at radius 2 is 0.538 bits per heavy atom. The van der Waals surface area contributed by atoms with E-state index in [9.17, 15) is 0 Å². The van der Waals surface area contributed by atoms with Gasteiger partial charge in [-0.25, -0.2) is 0 Å². The van der Waals surface area contributed by atoms with E-state index in [2.05, 4.69) is 32.8 Å². The van der Waals surface area contributed by atoms with Crippen LogP contribution < -0.4 is 0 Å². The van der Waals surface area contributed by atoms with E-state index < -0.39 is 0 Å². The number of hydrogen-bond acceptors (Lipinski definition) is 3. The van der Waals surface area contributed by atoms with Crippen molar-refractivity contribution in [2.45, 2.75) is 277 Å². The maximum atomic E-state index is 6.27. The Hall–Kier alpha value is -0.120. The summed E-state index contributed by atoms with van der Waals surface area (Å²) >= 11 is 0. The van der Waals surface area contributed by atoms with E-state index in [1.165, 1.54) is 257 Å². The first kappa shape index (κ1) is 51.9. The molecule has 0 amide bonds. The fraction of sp³-hybridized carbons (Fsp3) is 1.00. The van der Waals surface area contributed by atoms with Crippen LogP contribution in [0.5, 0.6) is 0 Å². The summed E-state index contributed by atoms with van der Waals surface area (Å²) in [5.41, 5.74) is 0. The van der Waals surface area contributed by atoms with Crippen LogP contribution in [-0.2, 0) is 9.47 Å². The third-order valence-corrected chi connectivity index (χ3v) is 11.4. The summed E-state index contributed by atoms with van der Waals surface area (Å²) in [6.07, 6.45) is 57.4. The summed E-state index contributed by atoms with van der Waals surface area (Å²) in [7, 11) is 4.29. The number of unbranched alkanes of at least 4 members (excludes halogenated alkanes) is 38. The van der Waals surface area contributed by atoms with E-state index in [0.717, 1.165) is 26.4 Å². The highest BCUT2D eigenvalue weighted by molar-refractivity contribution is 4.61. The van der Waals surface area contributed by atoms with E-state index in [4.69, 9.17) is 9.47 Å². The smallest absolute Gasteiger partial charge is 0.0934 e. The SMILES string of the molecule is CCCCCCCCCCCCCCCCCCCCCCOC[C@H](CN(C)C)OCCCCCCCCCCCCCCCCCCCCCC. The second-order valence-corrected chi connectivity index (χ2v) is 17.3. The maximum Gasteiger partial charge on any atom is 0.0934 e. The van der Waals surface area contributed by atoms with Crippen molar-refractivity contribution in [1.82, 2.24) is 4.90 Å². The zero-order chi connectivity index (χ0) is 37.7. The topological polar surface area (TPSA) is 21.7 Å². The minimum absolute atomic E-state index is 0.209. The van der Waals surface area contributed by atoms with Crippen LogP contribution in [0.2, 0.25) is 0 Å². The van der Waals surface area contributed by atoms with Crippen molar-refractivity contribution >= 4 is 0 Å². The molecule has 314 valence electrons. The van der Waals surface area contributed by atoms with Crippen molar-refractivity contribution in [2.24, 2.45) is 0 Å². The average Bonchev–Trinajstić information content (AvgIpc) is 3.14. The lowest BCUT2D eigenvalue weighted by Crippen LogP contribution is -2.32. The molecular weight excluding hydrogens is 635 g/mol. The van der Waals surface area contributed by atoms with Gasteiger partial charge in [0.2, 0.25) is 0 Å². The van der Waals surface area contributed by atoms with E-state index in [1.54, 1.807) is 0 Å². The zero-order valence-electron chi connectivity index (χ0n) is 37.0. The van der Waals surface area contributed by atoms with Crippen LogP contribution in [0.15, 0.2) is 0 Å². The molecule has 0 fully saturated rings. The standard InChI is InChI=1S/C49H101NO2/c1-5-7-9-11-13-15-17-19-21-23-25-27-29-31-33-35-37-39-41-43-45-51-48-49(47-50(3)4)52-46-44-42-40-38-36-34-32-30-28-26-24-22-20-18-16-14-12-10-8-6-2/h49H,5-48H2,1-4H3/t49-/m0/s1. The molecule has 3 heteroatoms. The first-order valence-electron chi connectivity index (χ1n) is 24.5. The van der Waals surface area contributed by atoms with Gasteiger partial charge >= 0.3 is 0 Å². The third-order valence-electron chi connectivity index (χ3n) is 11.4. The Kier molecular flexibility index (Phi) is 46.9. The number of hydrogen-bond donors (Lipinski definition) is 0. The molecule has 52 heavy (non-hydrogen) atoms. The van der Waals surface area contributed by atoms with Gasteiger partial charge in [0.15, 0.2) is 0 Å². The fourth-order valence-electron chi connectivity index (χ4n) is 7.84. The summed E-state index contributed by atoms with van der Waals surface area (Å²) in [4.78, 5) is 2.24. The van der Waals surface area contributed by atoms with Crippen LogP contribution in [0.3, 0.4) is 0 Å². The zero-order valence-corrected chi connectivity index (χ0v) is 37.0. The fourth-order valence-corrected chi connectivity index (χ4v) is 7.84. The van der Waals surface area contributed by atoms with Crippen LogP contribution >= 0.6 is 0 Å². The molecular formula is C49H101NO2. The number of ether oxygens (including phenoxy) is 2. The largest absolute Gasteiger partial charge is 0.379 e. The number of nitrogens with zero attached hydrogens (tertiary/aromatic N) is 1. The van der Waals surface area contributed by atoms with Crippen molar-refractivity contribution in [3.05, 3.63) is 0 Å². The van der Waals surface area contributed by atoms with Crippen LogP contribution in [0.1, 0.15) is 271 Å². The van der Waals surface area contributed by atoms with Gasteiger partial charge in [0, 0.05) is 19.8 Å². The Morgan fingerprint density at radius 1 is 0.308 bits per heavy atom. The van der Waals surface area contributed by atoms with Gasteiger partial charge in [-0.3, -0.25) is 0 Å². The predicted molar refractivity (Wildman–Crippen MR) is 235 cm³/mol. The molecule has 0 aromatic rings. The molecule has 3 nitrogen and oxygen atoms in total. The highest BCUT2D eigenvalue weighted by Crippen LogP contribution is 2.17. The highest BCUT2D eigenvalue weighted by atomic mass is 16.5. The monoisotopic (exact) mass is 736 g/mol. The lowest BCUT2D eigenvalue weighted by Gasteiger charge is -2.21. The van der Waals surface area contributed by atoms with E-state index in [1.807, 2.05) is 0 Å². The quantitative estimate of drug-likeness (QED) is 0.0581. The Bertz CT molecular complexity index is 610. The minimum Gasteiger partial charge on any atom is -0.379 e. The van der Waals surface area contributed by atoms with E-state index in [-0.39, 0.29) is 6.10 Å². The molecule has 0 aromatic heterocycles. The van der Waals surface area contributed by atoms with Crippen molar-refractivity contribution in [1.29, 1.82) is 0 Å². The van der Waals surface area contributed by atoms with Crippen LogP contribution in [0.25, 0.3) is 0 Å². The predicted octanol–water partition coefficient (Wildman–Crippen LogP) is 16.6. The van der Waals surface area contributed by atoms with Crippen LogP contribution in [0, 0.1) is 0 Å². The van der Waals surface area contributed by atoms with E-state index >= 15 is 0 Å². The molecule has 0 aliphatic carbocycles. The molecule has 0 radical (unpaired) electrons. The molecule has 0 aliphatic rings. The molecule has 0 saturated carbocycles. The lowest BCUT2D eigenvalue weighted by molar-refractivity contribution is -0.0287. The molecule has 0 saturated heterocycles. The average molecular weight is 736 g/mol. The first-order chi connectivity index (χ1) is 25.7. The highest BCUT2D eigenvalue weighted by Gasteiger charge is 2.11. The lowest BCUT2D eigenvalue weighted by atomic mass is 10.0. The molecule has 0 spiro atoms. The summed E-state index contributed by atoms with van der Waals surface area (Å²) in [5, 5.41) is 0. The summed E-state index contributed by atoms with van der Waals surface area (Å²) in [6.45, 7) is 8.10. The number of rotatable bonds is 47. The summed E-state index contributed by atoms with van der Waals surface area (Å²) < 4.78 is 12.3. The van der Waals surface area contributed by atoms with Gasteiger partial charge in [-0.1, -0.05) is 258 Å². The molecule has 0 aromatic carbocycles. The summed E-state index contributed by atoms with van der Waals surface area (Å²) in [6, 6.07) is 0. The van der Waals surface area contributed by atoms with Crippen molar-refractivity contribution in [3.8, 4) is 0 Å². The molecule has 0 rings (SSSR count). The van der Waals surface area contributed by atoms with Gasteiger partial charge in [-0.15, -0.1) is 0 Å². The Labute approximate surface area is 330 Å². The third kappa shape index (κ3) is 46.0. The van der Waals surface area contributed by atoms with Gasteiger partial charge in [0.05, 0.1) is 12.7 Å². The molecule has 0 bridgehead atoms. The van der Waals surface area contributed by atoms with Gasteiger partial charge in [-0.05, 0) is 26.9 Å². The van der Waals surface area contributed by atoms with Gasteiger partial charge in [0.25, 0.3) is 0 Å². The Balaban J connectivity index is 3.40. The van der Waals surface area contributed by atoms with Gasteiger partial charge < -0.3 is 14.4 Å². The molecule has 0 aliphatic heterocycles. The molecule has 1 atom stereocenters. The van der Waals surface area contributed by atoms with Gasteiger partial charge in [0.1, 0.15) is 0 Å². The van der Waals surface area contributed by atoms with Crippen molar-refractivity contribution in [2.75, 3.05) is 40.5 Å². The van der Waals surface area contributed by atoms with Crippen LogP contribution in [-0.4, -0.2) is 51.5 Å². The number of likely N-dealkylation sites (N-methyl/N-ethyl adjacent to an activating group) is 1. The van der Waals surface area contributed by atoms with Crippen molar-refractivity contribution in [3.63, 3.8) is 0 Å². The second-order valence-electron chi connectivity index (χ2n) is 17.3. The van der Waals surface area contributed by atoms with Gasteiger partial charge in [-0.2, -0.15) is 0 Å². The molecule has 0 heterocycles. The summed E-state index contributed by atoms with van der Waals surface area (Å²) in [5.74, 6) is 0. The van der Waals surface area contributed by atoms with E-state index in [0.29, 0.717) is 0 Å². The Morgan fingerprint density at radius 3 is 0.788 bits per heavy atom. The normalized spacial score (nSPS) is 12.4. The molecule has 0 N–H and O–H groups in total. The first-order valence-corrected chi connectivity index (χ1v) is 24.5. The minimum atomic E-state index is 0.209. The maximum absolute atomic E-state index is 6.27. The second kappa shape index (κ2) is 47.0. The van der Waals surface area contributed by atoms with Crippen LogP contribution in [0.4, 0.5) is 0 Å².